The third kappa shape index (κ3) is 4.57. The highest BCUT2D eigenvalue weighted by Crippen LogP contribution is 2.33. The first-order valence-corrected chi connectivity index (χ1v) is 10.9. The molecular formula is C19H30N2O4S. The van der Waals surface area contributed by atoms with E-state index in [4.69, 9.17) is 9.47 Å². The van der Waals surface area contributed by atoms with Crippen molar-refractivity contribution < 1.29 is 17.9 Å². The minimum Gasteiger partial charge on any atom is -0.495 e. The minimum absolute atomic E-state index is 0.0628. The van der Waals surface area contributed by atoms with Crippen LogP contribution in [0, 0.1) is 12.3 Å². The van der Waals surface area contributed by atoms with Gasteiger partial charge in [-0.1, -0.05) is 6.07 Å². The lowest BCUT2D eigenvalue weighted by atomic mass is 9.80. The van der Waals surface area contributed by atoms with Crippen LogP contribution in [0.2, 0.25) is 0 Å². The third-order valence-electron chi connectivity index (χ3n) is 5.56. The summed E-state index contributed by atoms with van der Waals surface area (Å²) >= 11 is 0. The van der Waals surface area contributed by atoms with Gasteiger partial charge in [-0.15, -0.1) is 0 Å². The van der Waals surface area contributed by atoms with Crippen molar-refractivity contribution in [3.8, 4) is 5.75 Å². The van der Waals surface area contributed by atoms with E-state index in [-0.39, 0.29) is 10.3 Å². The highest BCUT2D eigenvalue weighted by molar-refractivity contribution is 7.89. The predicted octanol–water partition coefficient (Wildman–Crippen LogP) is 2.17. The van der Waals surface area contributed by atoms with Crippen molar-refractivity contribution in [1.82, 2.24) is 9.62 Å². The van der Waals surface area contributed by atoms with Gasteiger partial charge in [0.05, 0.1) is 7.11 Å². The van der Waals surface area contributed by atoms with Crippen LogP contribution >= 0.6 is 0 Å². The first-order valence-electron chi connectivity index (χ1n) is 9.39. The Hall–Kier alpha value is -1.15. The molecule has 2 fully saturated rings. The summed E-state index contributed by atoms with van der Waals surface area (Å²) in [5.74, 6) is 0.378. The van der Waals surface area contributed by atoms with E-state index >= 15 is 0 Å². The van der Waals surface area contributed by atoms with Crippen molar-refractivity contribution >= 4 is 10.0 Å². The molecule has 2 heterocycles. The minimum atomic E-state index is -3.63. The lowest BCUT2D eigenvalue weighted by Gasteiger charge is -2.40. The van der Waals surface area contributed by atoms with Gasteiger partial charge in [0, 0.05) is 31.7 Å². The van der Waals surface area contributed by atoms with E-state index in [1.54, 1.807) is 12.1 Å². The quantitative estimate of drug-likeness (QED) is 0.783. The lowest BCUT2D eigenvalue weighted by molar-refractivity contribution is 0.00157. The van der Waals surface area contributed by atoms with Crippen LogP contribution in [0.15, 0.2) is 23.1 Å². The first-order chi connectivity index (χ1) is 12.4. The van der Waals surface area contributed by atoms with Crippen LogP contribution < -0.4 is 9.46 Å². The number of sulfonamides is 1. The number of ether oxygens (including phenoxy) is 2. The van der Waals surface area contributed by atoms with Gasteiger partial charge in [-0.25, -0.2) is 13.1 Å². The number of rotatable bonds is 7. The summed E-state index contributed by atoms with van der Waals surface area (Å²) in [5.41, 5.74) is 0.830. The zero-order valence-electron chi connectivity index (χ0n) is 15.8. The molecule has 0 aromatic heterocycles. The number of likely N-dealkylation sites (tertiary alicyclic amines) is 1. The van der Waals surface area contributed by atoms with Gasteiger partial charge in [0.15, 0.2) is 0 Å². The van der Waals surface area contributed by atoms with Crippen LogP contribution in [0.3, 0.4) is 0 Å². The molecule has 1 aromatic rings. The highest BCUT2D eigenvalue weighted by Gasteiger charge is 2.36. The van der Waals surface area contributed by atoms with Gasteiger partial charge in [-0.05, 0) is 63.4 Å². The molecular weight excluding hydrogens is 352 g/mol. The normalized spacial score (nSPS) is 21.0. The molecule has 2 aliphatic rings. The van der Waals surface area contributed by atoms with Crippen LogP contribution in [-0.4, -0.2) is 59.8 Å². The maximum absolute atomic E-state index is 13.0. The van der Waals surface area contributed by atoms with E-state index < -0.39 is 10.0 Å². The van der Waals surface area contributed by atoms with Gasteiger partial charge in [-0.2, -0.15) is 0 Å². The maximum Gasteiger partial charge on any atom is 0.244 e. The summed E-state index contributed by atoms with van der Waals surface area (Å²) in [7, 11) is -2.13. The van der Waals surface area contributed by atoms with E-state index in [0.29, 0.717) is 25.5 Å². The number of hydrogen-bond donors (Lipinski definition) is 1. The second-order valence-corrected chi connectivity index (χ2v) is 9.31. The zero-order chi connectivity index (χ0) is 18.6. The van der Waals surface area contributed by atoms with Crippen LogP contribution in [0.1, 0.15) is 31.2 Å². The number of nitrogens with one attached hydrogen (secondary N) is 1. The Morgan fingerprint density at radius 3 is 2.58 bits per heavy atom. The van der Waals surface area contributed by atoms with Crippen molar-refractivity contribution in [3.05, 3.63) is 23.8 Å². The molecule has 0 aliphatic carbocycles. The molecule has 146 valence electrons. The summed E-state index contributed by atoms with van der Waals surface area (Å²) in [5, 5.41) is 0. The maximum atomic E-state index is 13.0. The van der Waals surface area contributed by atoms with E-state index in [0.717, 1.165) is 38.0 Å². The topological polar surface area (TPSA) is 67.9 Å². The number of benzene rings is 1. The zero-order valence-corrected chi connectivity index (χ0v) is 16.6. The molecule has 0 amide bonds. The summed E-state index contributed by atoms with van der Waals surface area (Å²) in [4.78, 5) is 2.68. The van der Waals surface area contributed by atoms with E-state index in [1.807, 2.05) is 13.0 Å². The van der Waals surface area contributed by atoms with Crippen LogP contribution in [-0.2, 0) is 14.8 Å². The van der Waals surface area contributed by atoms with Gasteiger partial charge in [0.2, 0.25) is 10.0 Å². The number of aryl methyl sites for hydroxylation is 1. The van der Waals surface area contributed by atoms with Crippen molar-refractivity contribution in [2.45, 2.75) is 37.5 Å². The highest BCUT2D eigenvalue weighted by atomic mass is 32.2. The van der Waals surface area contributed by atoms with Gasteiger partial charge >= 0.3 is 0 Å². The Morgan fingerprint density at radius 1 is 1.23 bits per heavy atom. The van der Waals surface area contributed by atoms with Crippen LogP contribution in [0.25, 0.3) is 0 Å². The van der Waals surface area contributed by atoms with Gasteiger partial charge < -0.3 is 14.4 Å². The molecule has 1 N–H and O–H groups in total. The average molecular weight is 383 g/mol. The number of nitrogens with zero attached hydrogens (tertiary/aromatic N) is 1. The van der Waals surface area contributed by atoms with E-state index in [1.165, 1.54) is 20.0 Å². The third-order valence-corrected chi connectivity index (χ3v) is 6.98. The SMILES string of the molecule is COc1ccc(C)cc1S(=O)(=O)NCC1(CN2CCCC2)CCOCC1. The fourth-order valence-electron chi connectivity index (χ4n) is 3.93. The summed E-state index contributed by atoms with van der Waals surface area (Å²) in [6, 6.07) is 5.22. The molecule has 0 unspecified atom stereocenters. The van der Waals surface area contributed by atoms with E-state index in [9.17, 15) is 8.42 Å². The largest absolute Gasteiger partial charge is 0.495 e. The summed E-state index contributed by atoms with van der Waals surface area (Å²) in [6.45, 7) is 6.87. The molecule has 26 heavy (non-hydrogen) atoms. The van der Waals surface area contributed by atoms with Crippen LogP contribution in [0.4, 0.5) is 0 Å². The molecule has 0 bridgehead atoms. The predicted molar refractivity (Wildman–Crippen MR) is 101 cm³/mol. The Kier molecular flexibility index (Phi) is 6.22. The number of hydrogen-bond acceptors (Lipinski definition) is 5. The van der Waals surface area contributed by atoms with Crippen molar-refractivity contribution in [1.29, 1.82) is 0 Å². The van der Waals surface area contributed by atoms with Crippen molar-refractivity contribution in [3.63, 3.8) is 0 Å². The lowest BCUT2D eigenvalue weighted by Crippen LogP contribution is -2.48. The molecule has 2 aliphatic heterocycles. The number of methoxy groups -OCH3 is 1. The fraction of sp³-hybridized carbons (Fsp3) is 0.684. The molecule has 0 spiro atoms. The molecule has 0 saturated carbocycles. The molecule has 0 atom stereocenters. The Morgan fingerprint density at radius 2 is 1.92 bits per heavy atom. The fourth-order valence-corrected chi connectivity index (χ4v) is 5.34. The second kappa shape index (κ2) is 8.25. The monoisotopic (exact) mass is 382 g/mol. The van der Waals surface area contributed by atoms with Gasteiger partial charge in [-0.3, -0.25) is 0 Å². The molecule has 7 heteroatoms. The van der Waals surface area contributed by atoms with Crippen LogP contribution in [0.5, 0.6) is 5.75 Å². The molecule has 3 rings (SSSR count). The Balaban J connectivity index is 1.76. The molecule has 0 radical (unpaired) electrons. The average Bonchev–Trinajstić information content (AvgIpc) is 3.14. The Bertz CT molecular complexity index is 708. The Labute approximate surface area is 156 Å². The smallest absolute Gasteiger partial charge is 0.244 e. The first kappa shape index (κ1) is 19.6. The van der Waals surface area contributed by atoms with Crippen molar-refractivity contribution in [2.24, 2.45) is 5.41 Å². The van der Waals surface area contributed by atoms with Gasteiger partial charge in [0.1, 0.15) is 10.6 Å². The summed E-state index contributed by atoms with van der Waals surface area (Å²) in [6.07, 6.45) is 4.24. The van der Waals surface area contributed by atoms with Crippen molar-refractivity contribution in [2.75, 3.05) is 46.5 Å². The second-order valence-electron chi connectivity index (χ2n) is 7.57. The van der Waals surface area contributed by atoms with E-state index in [2.05, 4.69) is 9.62 Å². The standard InChI is InChI=1S/C19H30N2O4S/c1-16-5-6-17(24-2)18(13-16)26(22,23)20-14-19(7-11-25-12-8-19)15-21-9-3-4-10-21/h5-6,13,20H,3-4,7-12,14-15H2,1-2H3. The molecule has 6 nitrogen and oxygen atoms in total. The summed E-state index contributed by atoms with van der Waals surface area (Å²) < 4.78 is 39.6. The molecule has 1 aromatic carbocycles. The molecule has 2 saturated heterocycles. The van der Waals surface area contributed by atoms with Gasteiger partial charge in [0.25, 0.3) is 0 Å².